The molecule has 8 nitrogen and oxygen atoms in total. The van der Waals surface area contributed by atoms with Crippen LogP contribution in [0, 0.1) is 0 Å². The van der Waals surface area contributed by atoms with Crippen LogP contribution in [0.1, 0.15) is 40.5 Å². The highest BCUT2D eigenvalue weighted by molar-refractivity contribution is 5.83. The van der Waals surface area contributed by atoms with Gasteiger partial charge in [-0.15, -0.1) is 0 Å². The van der Waals surface area contributed by atoms with Crippen LogP contribution in [0.4, 0.5) is 4.79 Å². The Labute approximate surface area is 136 Å². The summed E-state index contributed by atoms with van der Waals surface area (Å²) in [5.41, 5.74) is 5.33. The molecule has 1 aliphatic heterocycles. The van der Waals surface area contributed by atoms with Crippen LogP contribution in [-0.4, -0.2) is 70.2 Å². The highest BCUT2D eigenvalue weighted by Crippen LogP contribution is 2.14. The molecule has 23 heavy (non-hydrogen) atoms. The molecule has 1 rings (SSSR count). The number of hydrogen-bond acceptors (Lipinski definition) is 5. The number of carbonyl (C=O) groups excluding carboxylic acids is 2. The first-order chi connectivity index (χ1) is 10.5. The first-order valence-corrected chi connectivity index (χ1v) is 7.77. The molecule has 2 amide bonds. The molecule has 3 N–H and O–H groups in total. The van der Waals surface area contributed by atoms with Gasteiger partial charge in [-0.05, 0) is 34.1 Å². The van der Waals surface area contributed by atoms with E-state index in [2.05, 4.69) is 0 Å². The first-order valence-electron chi connectivity index (χ1n) is 7.77. The van der Waals surface area contributed by atoms with E-state index in [9.17, 15) is 14.4 Å². The second-order valence-corrected chi connectivity index (χ2v) is 6.84. The number of amides is 2. The molecule has 132 valence electrons. The fourth-order valence-electron chi connectivity index (χ4n) is 2.46. The van der Waals surface area contributed by atoms with E-state index in [4.69, 9.17) is 15.6 Å². The molecule has 0 aromatic carbocycles. The van der Waals surface area contributed by atoms with Crippen LogP contribution in [0.5, 0.6) is 0 Å². The Morgan fingerprint density at radius 3 is 2.39 bits per heavy atom. The molecule has 1 fully saturated rings. The average Bonchev–Trinajstić information content (AvgIpc) is 2.41. The van der Waals surface area contributed by atoms with Gasteiger partial charge in [-0.2, -0.15) is 0 Å². The lowest BCUT2D eigenvalue weighted by Gasteiger charge is -2.39. The largest absolute Gasteiger partial charge is 0.465 e. The number of nitrogens with two attached hydrogens (primary N) is 1. The smallest absolute Gasteiger partial charge is 0.407 e. The van der Waals surface area contributed by atoms with Crippen molar-refractivity contribution in [2.75, 3.05) is 19.6 Å². The van der Waals surface area contributed by atoms with Crippen LogP contribution < -0.4 is 5.73 Å². The van der Waals surface area contributed by atoms with Crippen molar-refractivity contribution < 1.29 is 24.2 Å². The quantitative estimate of drug-likeness (QED) is 0.732. The van der Waals surface area contributed by atoms with E-state index in [-0.39, 0.29) is 43.8 Å². The standard InChI is InChI=1S/C15H27N3O5/c1-10-9-17(14(21)22)7-8-18(10)13(20)11(16)5-6-12(19)23-15(2,3)4/h10-11H,5-9,16H2,1-4H3,(H,21,22)/t10?,11-/m0/s1. The molecule has 2 atom stereocenters. The number of esters is 1. The normalized spacial score (nSPS) is 20.1. The summed E-state index contributed by atoms with van der Waals surface area (Å²) in [5.74, 6) is -0.643. The molecule has 1 unspecified atom stereocenters. The van der Waals surface area contributed by atoms with Gasteiger partial charge >= 0.3 is 12.1 Å². The summed E-state index contributed by atoms with van der Waals surface area (Å²) in [5, 5.41) is 8.97. The van der Waals surface area contributed by atoms with Crippen LogP contribution in [0.2, 0.25) is 0 Å². The SMILES string of the molecule is CC1CN(C(=O)O)CCN1C(=O)[C@@H](N)CCC(=O)OC(C)(C)C. The van der Waals surface area contributed by atoms with Crippen molar-refractivity contribution in [3.63, 3.8) is 0 Å². The van der Waals surface area contributed by atoms with Crippen LogP contribution in [0.3, 0.4) is 0 Å². The van der Waals surface area contributed by atoms with Gasteiger partial charge in [0.1, 0.15) is 5.60 Å². The van der Waals surface area contributed by atoms with E-state index in [1.54, 1.807) is 32.6 Å². The summed E-state index contributed by atoms with van der Waals surface area (Å²) in [4.78, 5) is 37.8. The topological polar surface area (TPSA) is 113 Å². The maximum atomic E-state index is 12.4. The van der Waals surface area contributed by atoms with Gasteiger partial charge in [0.25, 0.3) is 0 Å². The summed E-state index contributed by atoms with van der Waals surface area (Å²) in [6.07, 6.45) is -0.703. The summed E-state index contributed by atoms with van der Waals surface area (Å²) >= 11 is 0. The van der Waals surface area contributed by atoms with Crippen LogP contribution in [0.15, 0.2) is 0 Å². The van der Waals surface area contributed by atoms with Gasteiger partial charge in [-0.25, -0.2) is 4.79 Å². The Balaban J connectivity index is 2.48. The van der Waals surface area contributed by atoms with Crippen molar-refractivity contribution in [1.29, 1.82) is 0 Å². The minimum atomic E-state index is -0.988. The Kier molecular flexibility index (Phi) is 6.37. The molecule has 0 bridgehead atoms. The van der Waals surface area contributed by atoms with E-state index in [0.29, 0.717) is 6.54 Å². The number of rotatable bonds is 4. The summed E-state index contributed by atoms with van der Waals surface area (Å²) in [7, 11) is 0. The third-order valence-corrected chi connectivity index (χ3v) is 3.58. The predicted molar refractivity (Wildman–Crippen MR) is 83.8 cm³/mol. The van der Waals surface area contributed by atoms with Crippen molar-refractivity contribution >= 4 is 18.0 Å². The number of hydrogen-bond donors (Lipinski definition) is 2. The summed E-state index contributed by atoms with van der Waals surface area (Å²) in [6.45, 7) is 7.96. The zero-order chi connectivity index (χ0) is 17.8. The zero-order valence-electron chi connectivity index (χ0n) is 14.2. The van der Waals surface area contributed by atoms with E-state index in [1.165, 1.54) is 4.90 Å². The van der Waals surface area contributed by atoms with Gasteiger partial charge in [0.05, 0.1) is 6.04 Å². The fourth-order valence-corrected chi connectivity index (χ4v) is 2.46. The molecule has 0 spiro atoms. The number of nitrogens with zero attached hydrogens (tertiary/aromatic N) is 2. The maximum Gasteiger partial charge on any atom is 0.407 e. The molecular weight excluding hydrogens is 302 g/mol. The van der Waals surface area contributed by atoms with Gasteiger partial charge in [0.15, 0.2) is 0 Å². The minimum absolute atomic E-state index is 0.0770. The second kappa shape index (κ2) is 7.63. The van der Waals surface area contributed by atoms with Crippen molar-refractivity contribution in [1.82, 2.24) is 9.80 Å². The molecule has 0 aromatic rings. The van der Waals surface area contributed by atoms with Gasteiger partial charge in [0, 0.05) is 32.1 Å². The Morgan fingerprint density at radius 2 is 1.91 bits per heavy atom. The lowest BCUT2D eigenvalue weighted by atomic mass is 10.1. The first kappa shape index (κ1) is 19.2. The van der Waals surface area contributed by atoms with Crippen LogP contribution >= 0.6 is 0 Å². The predicted octanol–water partition coefficient (Wildman–Crippen LogP) is 0.646. The number of carbonyl (C=O) groups is 3. The van der Waals surface area contributed by atoms with Crippen molar-refractivity contribution in [3.05, 3.63) is 0 Å². The number of carboxylic acid groups (broad SMARTS) is 1. The molecule has 1 heterocycles. The van der Waals surface area contributed by atoms with Crippen LogP contribution in [-0.2, 0) is 14.3 Å². The Bertz CT molecular complexity index is 461. The van der Waals surface area contributed by atoms with Gasteiger partial charge in [-0.3, -0.25) is 9.59 Å². The van der Waals surface area contributed by atoms with Crippen LogP contribution in [0.25, 0.3) is 0 Å². The second-order valence-electron chi connectivity index (χ2n) is 6.84. The monoisotopic (exact) mass is 329 g/mol. The van der Waals surface area contributed by atoms with E-state index >= 15 is 0 Å². The average molecular weight is 329 g/mol. The van der Waals surface area contributed by atoms with E-state index in [0.717, 1.165) is 0 Å². The molecule has 0 aromatic heterocycles. The summed E-state index contributed by atoms with van der Waals surface area (Å²) < 4.78 is 5.18. The van der Waals surface area contributed by atoms with E-state index < -0.39 is 17.7 Å². The highest BCUT2D eigenvalue weighted by atomic mass is 16.6. The molecule has 8 heteroatoms. The molecule has 0 saturated carbocycles. The number of ether oxygens (including phenoxy) is 1. The maximum absolute atomic E-state index is 12.4. The molecule has 1 saturated heterocycles. The third kappa shape index (κ3) is 6.05. The molecule has 1 aliphatic rings. The lowest BCUT2D eigenvalue weighted by Crippen LogP contribution is -2.58. The van der Waals surface area contributed by atoms with Gasteiger partial charge in [-0.1, -0.05) is 0 Å². The fraction of sp³-hybridized carbons (Fsp3) is 0.800. The molecule has 0 aliphatic carbocycles. The lowest BCUT2D eigenvalue weighted by molar-refractivity contribution is -0.155. The Morgan fingerprint density at radius 1 is 1.30 bits per heavy atom. The van der Waals surface area contributed by atoms with Crippen molar-refractivity contribution in [2.24, 2.45) is 5.73 Å². The van der Waals surface area contributed by atoms with Crippen molar-refractivity contribution in [3.8, 4) is 0 Å². The highest BCUT2D eigenvalue weighted by Gasteiger charge is 2.32. The van der Waals surface area contributed by atoms with Crippen molar-refractivity contribution in [2.45, 2.75) is 58.2 Å². The zero-order valence-corrected chi connectivity index (χ0v) is 14.2. The number of piperazine rings is 1. The molecular formula is C15H27N3O5. The Hall–Kier alpha value is -1.83. The van der Waals surface area contributed by atoms with Gasteiger partial charge in [0.2, 0.25) is 5.91 Å². The van der Waals surface area contributed by atoms with E-state index in [1.807, 2.05) is 0 Å². The molecule has 0 radical (unpaired) electrons. The van der Waals surface area contributed by atoms with Gasteiger partial charge < -0.3 is 25.4 Å². The summed E-state index contributed by atoms with van der Waals surface area (Å²) in [6, 6.07) is -1.03. The third-order valence-electron chi connectivity index (χ3n) is 3.58. The minimum Gasteiger partial charge on any atom is -0.465 e.